The summed E-state index contributed by atoms with van der Waals surface area (Å²) in [6.45, 7) is -0.729. The number of hydrogen-bond donors (Lipinski definition) is 3. The molecule has 4 aromatic rings. The van der Waals surface area contributed by atoms with Gasteiger partial charge < -0.3 is 20.7 Å². The lowest BCUT2D eigenvalue weighted by Crippen LogP contribution is -2.45. The number of fused-ring (bicyclic) bond motifs is 1. The Morgan fingerprint density at radius 3 is 2.41 bits per heavy atom. The number of anilines is 3. The molecule has 2 amide bonds. The maximum Gasteiger partial charge on any atom is 0.343 e. The molecule has 15 heteroatoms. The van der Waals surface area contributed by atoms with Gasteiger partial charge in [-0.25, -0.2) is 37.8 Å². The lowest BCUT2D eigenvalue weighted by Gasteiger charge is -2.28. The Balaban J connectivity index is 1.73. The van der Waals surface area contributed by atoms with Crippen LogP contribution in [0.5, 0.6) is 5.75 Å². The van der Waals surface area contributed by atoms with E-state index < -0.39 is 58.3 Å². The van der Waals surface area contributed by atoms with Crippen molar-refractivity contribution in [2.24, 2.45) is 4.99 Å². The standard InChI is InChI=1S/C29H26F3N7O5/c1-37-14-20(35-19-11-10-15(12-22(19)37)34-28(41)36-44-3)24-26(33)38(13-16-17(30)6-4-7-18(16)31)29(42)39(27(24)40)21-8-5-9-23(43-2)25(21)32/h4-12H,13-14,33H2,1-3H3,(H2,34,36,41). The summed E-state index contributed by atoms with van der Waals surface area (Å²) in [5.74, 6) is -3.58. The van der Waals surface area contributed by atoms with Crippen LogP contribution in [0, 0.1) is 17.5 Å². The number of halogens is 3. The minimum atomic E-state index is -1.14. The third-order valence-electron chi connectivity index (χ3n) is 6.94. The molecule has 1 aliphatic heterocycles. The first-order valence-electron chi connectivity index (χ1n) is 13.0. The highest BCUT2D eigenvalue weighted by Crippen LogP contribution is 2.35. The van der Waals surface area contributed by atoms with Gasteiger partial charge in [0.2, 0.25) is 0 Å². The number of nitrogens with zero attached hydrogens (tertiary/aromatic N) is 4. The molecule has 0 radical (unpaired) electrons. The second-order valence-electron chi connectivity index (χ2n) is 9.64. The first-order valence-corrected chi connectivity index (χ1v) is 13.0. The Morgan fingerprint density at radius 1 is 1.02 bits per heavy atom. The zero-order valence-electron chi connectivity index (χ0n) is 23.7. The van der Waals surface area contributed by atoms with Gasteiger partial charge in [-0.05, 0) is 42.5 Å². The number of carbonyl (C=O) groups excluding carboxylic acids is 1. The van der Waals surface area contributed by atoms with Crippen molar-refractivity contribution in [1.82, 2.24) is 14.6 Å². The Bertz CT molecular complexity index is 1920. The number of nitrogens with one attached hydrogen (secondary N) is 2. The Hall–Kier alpha value is -5.57. The topological polar surface area (TPSA) is 145 Å². The van der Waals surface area contributed by atoms with E-state index in [4.69, 9.17) is 10.5 Å². The monoisotopic (exact) mass is 609 g/mol. The van der Waals surface area contributed by atoms with Crippen LogP contribution in [0.15, 0.2) is 69.2 Å². The van der Waals surface area contributed by atoms with E-state index in [0.717, 1.165) is 22.8 Å². The van der Waals surface area contributed by atoms with Gasteiger partial charge in [-0.2, -0.15) is 0 Å². The quantitative estimate of drug-likeness (QED) is 0.273. The smallest absolute Gasteiger partial charge is 0.343 e. The van der Waals surface area contributed by atoms with Crippen molar-refractivity contribution in [3.05, 3.63) is 104 Å². The van der Waals surface area contributed by atoms with Gasteiger partial charge in [0.25, 0.3) is 5.56 Å². The number of amides is 2. The van der Waals surface area contributed by atoms with Crippen LogP contribution < -0.4 is 37.4 Å². The zero-order valence-corrected chi connectivity index (χ0v) is 23.7. The van der Waals surface area contributed by atoms with Crippen LogP contribution in [-0.4, -0.2) is 48.7 Å². The number of hydrogen-bond acceptors (Lipinski definition) is 8. The van der Waals surface area contributed by atoms with E-state index in [1.54, 1.807) is 30.1 Å². The third kappa shape index (κ3) is 5.35. The molecule has 4 N–H and O–H groups in total. The summed E-state index contributed by atoms with van der Waals surface area (Å²) < 4.78 is 51.2. The van der Waals surface area contributed by atoms with Gasteiger partial charge in [0.1, 0.15) is 23.0 Å². The average Bonchev–Trinajstić information content (AvgIpc) is 2.98. The number of nitrogen functional groups attached to an aromatic ring is 1. The van der Waals surface area contributed by atoms with Crippen molar-refractivity contribution < 1.29 is 27.5 Å². The van der Waals surface area contributed by atoms with Crippen LogP contribution >= 0.6 is 0 Å². The van der Waals surface area contributed by atoms with Crippen molar-refractivity contribution >= 4 is 34.6 Å². The molecule has 0 unspecified atom stereocenters. The lowest BCUT2D eigenvalue weighted by atomic mass is 10.1. The predicted molar refractivity (Wildman–Crippen MR) is 158 cm³/mol. The Labute approximate surface area is 247 Å². The molecule has 5 rings (SSSR count). The normalized spacial score (nSPS) is 12.4. The van der Waals surface area contributed by atoms with E-state index in [-0.39, 0.29) is 23.6 Å². The second kappa shape index (κ2) is 12.0. The van der Waals surface area contributed by atoms with Gasteiger partial charge >= 0.3 is 11.7 Å². The number of urea groups is 1. The molecule has 2 heterocycles. The van der Waals surface area contributed by atoms with Crippen LogP contribution in [0.2, 0.25) is 0 Å². The van der Waals surface area contributed by atoms with Gasteiger partial charge in [-0.15, -0.1) is 0 Å². The molecule has 0 saturated carbocycles. The maximum atomic E-state index is 15.5. The second-order valence-corrected chi connectivity index (χ2v) is 9.64. The first-order chi connectivity index (χ1) is 21.0. The molecule has 1 aromatic heterocycles. The van der Waals surface area contributed by atoms with Gasteiger partial charge in [-0.3, -0.25) is 14.2 Å². The van der Waals surface area contributed by atoms with Gasteiger partial charge in [-0.1, -0.05) is 12.1 Å². The van der Waals surface area contributed by atoms with E-state index in [0.29, 0.717) is 21.6 Å². The molecule has 3 aromatic carbocycles. The van der Waals surface area contributed by atoms with Crippen molar-refractivity contribution in [2.45, 2.75) is 6.54 Å². The molecule has 0 saturated heterocycles. The largest absolute Gasteiger partial charge is 0.494 e. The molecular weight excluding hydrogens is 583 g/mol. The van der Waals surface area contributed by atoms with Crippen molar-refractivity contribution in [3.8, 4) is 11.4 Å². The molecule has 228 valence electrons. The fourth-order valence-electron chi connectivity index (χ4n) is 4.85. The maximum absolute atomic E-state index is 15.5. The number of carbonyl (C=O) groups is 1. The summed E-state index contributed by atoms with van der Waals surface area (Å²) in [6, 6.07) is 11.2. The van der Waals surface area contributed by atoms with E-state index in [9.17, 15) is 23.2 Å². The van der Waals surface area contributed by atoms with E-state index >= 15 is 4.39 Å². The van der Waals surface area contributed by atoms with E-state index in [1.165, 1.54) is 32.4 Å². The van der Waals surface area contributed by atoms with Gasteiger partial charge in [0.05, 0.1) is 50.1 Å². The van der Waals surface area contributed by atoms with E-state index in [2.05, 4.69) is 20.6 Å². The summed E-state index contributed by atoms with van der Waals surface area (Å²) >= 11 is 0. The summed E-state index contributed by atoms with van der Waals surface area (Å²) in [5.41, 5.74) is 6.63. The van der Waals surface area contributed by atoms with Crippen LogP contribution in [0.1, 0.15) is 11.1 Å². The number of ether oxygens (including phenoxy) is 1. The molecule has 44 heavy (non-hydrogen) atoms. The summed E-state index contributed by atoms with van der Waals surface area (Å²) in [4.78, 5) is 50.5. The Kier molecular flexibility index (Phi) is 8.13. The Morgan fingerprint density at radius 2 is 1.73 bits per heavy atom. The van der Waals surface area contributed by atoms with Gasteiger partial charge in [0, 0.05) is 18.3 Å². The number of nitrogens with two attached hydrogens (primary N) is 1. The predicted octanol–water partition coefficient (Wildman–Crippen LogP) is 3.31. The van der Waals surface area contributed by atoms with Crippen LogP contribution in [0.3, 0.4) is 0 Å². The first kappa shape index (κ1) is 29.9. The summed E-state index contributed by atoms with van der Waals surface area (Å²) in [5, 5.41) is 2.59. The van der Waals surface area contributed by atoms with Crippen molar-refractivity contribution in [2.75, 3.05) is 43.8 Å². The number of aliphatic imine (C=N–C) groups is 1. The fraction of sp³-hybridized carbons (Fsp3) is 0.172. The number of methoxy groups -OCH3 is 1. The van der Waals surface area contributed by atoms with Crippen LogP contribution in [0.25, 0.3) is 5.69 Å². The highest BCUT2D eigenvalue weighted by molar-refractivity contribution is 6.10. The highest BCUT2D eigenvalue weighted by atomic mass is 19.1. The lowest BCUT2D eigenvalue weighted by molar-refractivity contribution is 0.114. The molecule has 0 spiro atoms. The summed E-state index contributed by atoms with van der Waals surface area (Å²) in [7, 11) is 4.19. The molecule has 0 fully saturated rings. The summed E-state index contributed by atoms with van der Waals surface area (Å²) in [6.07, 6.45) is 0. The molecule has 0 aliphatic carbocycles. The van der Waals surface area contributed by atoms with Gasteiger partial charge in [0.15, 0.2) is 11.6 Å². The molecule has 12 nitrogen and oxygen atoms in total. The highest BCUT2D eigenvalue weighted by Gasteiger charge is 2.28. The third-order valence-corrected chi connectivity index (χ3v) is 6.94. The number of aromatic nitrogens is 2. The number of likely N-dealkylation sites (N-methyl/N-ethyl adjacent to an activating group) is 1. The minimum Gasteiger partial charge on any atom is -0.494 e. The SMILES string of the molecule is CONC(=O)Nc1ccc2c(c1)N(C)CC(c1c(N)n(Cc3c(F)cccc3F)c(=O)n(-c3cccc(OC)c3F)c1=O)=N2. The number of benzene rings is 3. The molecular formula is C29H26F3N7O5. The van der Waals surface area contributed by atoms with Crippen molar-refractivity contribution in [3.63, 3.8) is 0 Å². The van der Waals surface area contributed by atoms with Crippen LogP contribution in [0.4, 0.5) is 40.8 Å². The van der Waals surface area contributed by atoms with E-state index in [1.807, 2.05) is 0 Å². The molecule has 1 aliphatic rings. The zero-order chi connectivity index (χ0) is 31.7. The average molecular weight is 610 g/mol. The minimum absolute atomic E-state index is 0.0208. The fourth-order valence-corrected chi connectivity index (χ4v) is 4.85. The number of hydroxylamine groups is 1. The van der Waals surface area contributed by atoms with Crippen molar-refractivity contribution in [1.29, 1.82) is 0 Å². The molecule has 0 atom stereocenters. The number of rotatable bonds is 7. The molecule has 0 bridgehead atoms. The van der Waals surface area contributed by atoms with Crippen LogP contribution in [-0.2, 0) is 11.4 Å².